The zero-order chi connectivity index (χ0) is 15.5. The molecule has 0 saturated carbocycles. The molecule has 2 aromatic carbocycles. The Kier molecular flexibility index (Phi) is 3.70. The molecule has 0 aliphatic heterocycles. The van der Waals surface area contributed by atoms with Gasteiger partial charge in [-0.2, -0.15) is 0 Å². The van der Waals surface area contributed by atoms with Gasteiger partial charge in [0.2, 0.25) is 5.91 Å². The molecule has 0 spiro atoms. The number of methoxy groups -OCH3 is 1. The van der Waals surface area contributed by atoms with E-state index in [0.29, 0.717) is 5.69 Å². The number of nitrogen functional groups attached to an aromatic ring is 1. The number of hydrogen-bond donors (Lipinski definition) is 2. The van der Waals surface area contributed by atoms with Crippen LogP contribution in [0.15, 0.2) is 54.7 Å². The van der Waals surface area contributed by atoms with E-state index < -0.39 is 0 Å². The molecule has 1 heterocycles. The molecule has 0 atom stereocenters. The molecular weight excluding hydrogens is 278 g/mol. The van der Waals surface area contributed by atoms with Crippen LogP contribution in [0.5, 0.6) is 5.75 Å². The largest absolute Gasteiger partial charge is 0.497 e. The van der Waals surface area contributed by atoms with Gasteiger partial charge in [0.05, 0.1) is 7.11 Å². The normalized spacial score (nSPS) is 10.6. The van der Waals surface area contributed by atoms with E-state index in [1.54, 1.807) is 7.11 Å². The molecule has 0 fully saturated rings. The summed E-state index contributed by atoms with van der Waals surface area (Å²) in [6.07, 6.45) is 1.89. The number of aromatic nitrogens is 1. The second kappa shape index (κ2) is 5.81. The van der Waals surface area contributed by atoms with Gasteiger partial charge < -0.3 is 20.4 Å². The molecule has 112 valence electrons. The average molecular weight is 295 g/mol. The lowest BCUT2D eigenvalue weighted by Crippen LogP contribution is -2.18. The van der Waals surface area contributed by atoms with E-state index in [0.717, 1.165) is 22.3 Å². The highest BCUT2D eigenvalue weighted by Crippen LogP contribution is 2.19. The molecule has 1 aromatic heterocycles. The van der Waals surface area contributed by atoms with Crippen molar-refractivity contribution in [2.45, 2.75) is 6.54 Å². The standard InChI is InChI=1S/C17H17N3O2/c1-22-15-5-3-14(4-6-15)19-17(21)11-20-9-8-12-10-13(18)2-7-16(12)20/h2-10H,11,18H2,1H3,(H,19,21). The van der Waals surface area contributed by atoms with Crippen molar-refractivity contribution in [3.63, 3.8) is 0 Å². The van der Waals surface area contributed by atoms with Crippen LogP contribution in [0, 0.1) is 0 Å². The monoisotopic (exact) mass is 295 g/mol. The highest BCUT2D eigenvalue weighted by Gasteiger charge is 2.07. The number of nitrogens with zero attached hydrogens (tertiary/aromatic N) is 1. The molecule has 3 aromatic rings. The Morgan fingerprint density at radius 2 is 1.95 bits per heavy atom. The maximum absolute atomic E-state index is 12.2. The second-order valence-corrected chi connectivity index (χ2v) is 5.04. The predicted molar refractivity (Wildman–Crippen MR) is 88.0 cm³/mol. The van der Waals surface area contributed by atoms with Crippen LogP contribution >= 0.6 is 0 Å². The SMILES string of the molecule is COc1ccc(NC(=O)Cn2ccc3cc(N)ccc32)cc1. The first-order valence-corrected chi connectivity index (χ1v) is 6.94. The van der Waals surface area contributed by atoms with E-state index in [4.69, 9.17) is 10.5 Å². The lowest BCUT2D eigenvalue weighted by Gasteiger charge is -2.08. The minimum absolute atomic E-state index is 0.0838. The van der Waals surface area contributed by atoms with Crippen molar-refractivity contribution in [2.75, 3.05) is 18.2 Å². The van der Waals surface area contributed by atoms with E-state index in [9.17, 15) is 4.79 Å². The van der Waals surface area contributed by atoms with E-state index in [1.807, 2.05) is 59.3 Å². The number of fused-ring (bicyclic) bond motifs is 1. The summed E-state index contributed by atoms with van der Waals surface area (Å²) in [7, 11) is 1.61. The Morgan fingerprint density at radius 1 is 1.18 bits per heavy atom. The fourth-order valence-electron chi connectivity index (χ4n) is 2.39. The summed E-state index contributed by atoms with van der Waals surface area (Å²) >= 11 is 0. The first-order chi connectivity index (χ1) is 10.7. The minimum Gasteiger partial charge on any atom is -0.497 e. The van der Waals surface area contributed by atoms with Crippen LogP contribution < -0.4 is 15.8 Å². The maximum atomic E-state index is 12.2. The second-order valence-electron chi connectivity index (χ2n) is 5.04. The number of nitrogens with one attached hydrogen (secondary N) is 1. The zero-order valence-electron chi connectivity index (χ0n) is 12.2. The summed E-state index contributed by atoms with van der Waals surface area (Å²) < 4.78 is 6.99. The Hall–Kier alpha value is -2.95. The summed E-state index contributed by atoms with van der Waals surface area (Å²) in [6, 6.07) is 14.8. The summed E-state index contributed by atoms with van der Waals surface area (Å²) in [5.41, 5.74) is 8.20. The smallest absolute Gasteiger partial charge is 0.244 e. The van der Waals surface area contributed by atoms with Gasteiger partial charge in [-0.25, -0.2) is 0 Å². The number of hydrogen-bond acceptors (Lipinski definition) is 3. The van der Waals surface area contributed by atoms with Crippen molar-refractivity contribution in [3.8, 4) is 5.75 Å². The van der Waals surface area contributed by atoms with Gasteiger partial charge in [-0.3, -0.25) is 4.79 Å². The third kappa shape index (κ3) is 2.88. The fraction of sp³-hybridized carbons (Fsp3) is 0.118. The van der Waals surface area contributed by atoms with Crippen molar-refractivity contribution < 1.29 is 9.53 Å². The predicted octanol–water partition coefficient (Wildman–Crippen LogP) is 2.87. The van der Waals surface area contributed by atoms with Gasteiger partial charge in [0.1, 0.15) is 12.3 Å². The lowest BCUT2D eigenvalue weighted by atomic mass is 10.2. The highest BCUT2D eigenvalue weighted by molar-refractivity contribution is 5.92. The Balaban J connectivity index is 1.72. The van der Waals surface area contributed by atoms with Gasteiger partial charge >= 0.3 is 0 Å². The summed E-state index contributed by atoms with van der Waals surface area (Å²) in [5.74, 6) is 0.673. The minimum atomic E-state index is -0.0838. The van der Waals surface area contributed by atoms with Crippen molar-refractivity contribution in [3.05, 3.63) is 54.7 Å². The van der Waals surface area contributed by atoms with Crippen molar-refractivity contribution in [1.82, 2.24) is 4.57 Å². The fourth-order valence-corrected chi connectivity index (χ4v) is 2.39. The quantitative estimate of drug-likeness (QED) is 0.727. The van der Waals surface area contributed by atoms with Gasteiger partial charge in [-0.15, -0.1) is 0 Å². The van der Waals surface area contributed by atoms with Crippen LogP contribution in [0.1, 0.15) is 0 Å². The van der Waals surface area contributed by atoms with Crippen LogP contribution in [0.2, 0.25) is 0 Å². The van der Waals surface area contributed by atoms with Crippen LogP contribution in [0.4, 0.5) is 11.4 Å². The molecular formula is C17H17N3O2. The molecule has 3 rings (SSSR count). The van der Waals surface area contributed by atoms with Crippen LogP contribution in [0.25, 0.3) is 10.9 Å². The highest BCUT2D eigenvalue weighted by atomic mass is 16.5. The van der Waals surface area contributed by atoms with E-state index in [-0.39, 0.29) is 12.5 Å². The van der Waals surface area contributed by atoms with E-state index >= 15 is 0 Å². The summed E-state index contributed by atoms with van der Waals surface area (Å²) in [4.78, 5) is 12.2. The number of ether oxygens (including phenoxy) is 1. The number of carbonyl (C=O) groups excluding carboxylic acids is 1. The first-order valence-electron chi connectivity index (χ1n) is 6.94. The van der Waals surface area contributed by atoms with Gasteiger partial charge in [0.15, 0.2) is 0 Å². The van der Waals surface area contributed by atoms with E-state index in [1.165, 1.54) is 0 Å². The third-order valence-electron chi connectivity index (χ3n) is 3.48. The van der Waals surface area contributed by atoms with Crippen LogP contribution in [-0.2, 0) is 11.3 Å². The third-order valence-corrected chi connectivity index (χ3v) is 3.48. The zero-order valence-corrected chi connectivity index (χ0v) is 12.2. The molecule has 5 heteroatoms. The number of rotatable bonds is 4. The average Bonchev–Trinajstić information content (AvgIpc) is 2.90. The molecule has 0 aliphatic carbocycles. The Labute approximate surface area is 128 Å². The molecule has 1 amide bonds. The lowest BCUT2D eigenvalue weighted by molar-refractivity contribution is -0.116. The van der Waals surface area contributed by atoms with Crippen molar-refractivity contribution in [1.29, 1.82) is 0 Å². The summed E-state index contributed by atoms with van der Waals surface area (Å²) in [6.45, 7) is 0.249. The van der Waals surface area contributed by atoms with Crippen LogP contribution in [-0.4, -0.2) is 17.6 Å². The van der Waals surface area contributed by atoms with Gasteiger partial charge in [-0.1, -0.05) is 0 Å². The van der Waals surface area contributed by atoms with Crippen LogP contribution in [0.3, 0.4) is 0 Å². The molecule has 22 heavy (non-hydrogen) atoms. The maximum Gasteiger partial charge on any atom is 0.244 e. The first kappa shape index (κ1) is 14.0. The van der Waals surface area contributed by atoms with Crippen molar-refractivity contribution in [2.24, 2.45) is 0 Å². The molecule has 0 bridgehead atoms. The molecule has 5 nitrogen and oxygen atoms in total. The van der Waals surface area contributed by atoms with Crippen molar-refractivity contribution >= 4 is 28.2 Å². The molecule has 3 N–H and O–H groups in total. The van der Waals surface area contributed by atoms with E-state index in [2.05, 4.69) is 5.32 Å². The summed E-state index contributed by atoms with van der Waals surface area (Å²) in [5, 5.41) is 3.89. The number of amides is 1. The Bertz CT molecular complexity index is 806. The molecule has 0 saturated heterocycles. The van der Waals surface area contributed by atoms with Gasteiger partial charge in [0.25, 0.3) is 0 Å². The molecule has 0 radical (unpaired) electrons. The number of carbonyl (C=O) groups is 1. The van der Waals surface area contributed by atoms with Gasteiger partial charge in [0, 0.05) is 28.5 Å². The van der Waals surface area contributed by atoms with Gasteiger partial charge in [-0.05, 0) is 48.5 Å². The topological polar surface area (TPSA) is 69.3 Å². The molecule has 0 aliphatic rings. The number of benzene rings is 2. The number of anilines is 2. The molecule has 0 unspecified atom stereocenters. The number of nitrogens with two attached hydrogens (primary N) is 1. The Morgan fingerprint density at radius 3 is 2.68 bits per heavy atom.